The van der Waals surface area contributed by atoms with E-state index in [1.54, 1.807) is 0 Å². The number of halogens is 7. The average molecular weight is 337 g/mol. The monoisotopic (exact) mass is 334 g/mol. The van der Waals surface area contributed by atoms with Crippen LogP contribution in [0.1, 0.15) is 0 Å². The summed E-state index contributed by atoms with van der Waals surface area (Å²) in [6.07, 6.45) is 0.250. The summed E-state index contributed by atoms with van der Waals surface area (Å²) >= 11 is 35.3. The van der Waals surface area contributed by atoms with E-state index in [9.17, 15) is 4.39 Å². The highest BCUT2D eigenvalue weighted by Crippen LogP contribution is 2.39. The third kappa shape index (κ3) is 4.29. The molecular formula is C8H9Cl6F. The maximum Gasteiger partial charge on any atom is 0.0795 e. The minimum absolute atomic E-state index is 0.250. The standard InChI is InChI=1S/C6H6Cl6.C2H3F/c7-1-2(8)4(10)6(12)5(11)3(1)9;1-2-3/h1-6H;2H,1H2. The molecule has 15 heavy (non-hydrogen) atoms. The van der Waals surface area contributed by atoms with Crippen molar-refractivity contribution >= 4 is 69.6 Å². The first-order valence-corrected chi connectivity index (χ1v) is 6.55. The lowest BCUT2D eigenvalue weighted by atomic mass is 9.97. The zero-order valence-electron chi connectivity index (χ0n) is 7.39. The van der Waals surface area contributed by atoms with Crippen LogP contribution in [-0.4, -0.2) is 32.3 Å². The zero-order chi connectivity index (χ0) is 12.2. The fourth-order valence-electron chi connectivity index (χ4n) is 1.05. The van der Waals surface area contributed by atoms with E-state index in [4.69, 9.17) is 69.6 Å². The summed E-state index contributed by atoms with van der Waals surface area (Å²) in [5.41, 5.74) is 0. The van der Waals surface area contributed by atoms with E-state index < -0.39 is 32.3 Å². The second-order valence-electron chi connectivity index (χ2n) is 2.82. The van der Waals surface area contributed by atoms with Crippen molar-refractivity contribution in [1.82, 2.24) is 0 Å². The average Bonchev–Trinajstić information content (AvgIpc) is 2.22. The Bertz CT molecular complexity index is 143. The van der Waals surface area contributed by atoms with Crippen LogP contribution < -0.4 is 0 Å². The summed E-state index contributed by atoms with van der Waals surface area (Å²) in [4.78, 5) is 0. The molecule has 0 saturated heterocycles. The first kappa shape index (κ1) is 16.4. The van der Waals surface area contributed by atoms with E-state index in [2.05, 4.69) is 6.58 Å². The maximum atomic E-state index is 10.1. The van der Waals surface area contributed by atoms with Gasteiger partial charge in [0.15, 0.2) is 0 Å². The van der Waals surface area contributed by atoms with Gasteiger partial charge in [-0.1, -0.05) is 6.58 Å². The molecule has 0 unspecified atom stereocenters. The molecule has 0 aromatic heterocycles. The third-order valence-electron chi connectivity index (χ3n) is 1.83. The van der Waals surface area contributed by atoms with Gasteiger partial charge in [0.25, 0.3) is 0 Å². The molecule has 7 heteroatoms. The Morgan fingerprint density at radius 1 is 0.667 bits per heavy atom. The number of alkyl halides is 6. The van der Waals surface area contributed by atoms with Crippen LogP contribution in [0.15, 0.2) is 12.9 Å². The van der Waals surface area contributed by atoms with Gasteiger partial charge in [-0.3, -0.25) is 0 Å². The highest BCUT2D eigenvalue weighted by Gasteiger charge is 2.46. The van der Waals surface area contributed by atoms with Gasteiger partial charge in [0, 0.05) is 0 Å². The van der Waals surface area contributed by atoms with Crippen LogP contribution >= 0.6 is 69.6 Å². The molecule has 0 N–H and O–H groups in total. The summed E-state index contributed by atoms with van der Waals surface area (Å²) in [7, 11) is 0. The lowest BCUT2D eigenvalue weighted by Crippen LogP contribution is -2.52. The van der Waals surface area contributed by atoms with E-state index in [1.807, 2.05) is 0 Å². The summed E-state index contributed by atoms with van der Waals surface area (Å²) in [5.74, 6) is 0. The van der Waals surface area contributed by atoms with Crippen molar-refractivity contribution in [2.75, 3.05) is 0 Å². The van der Waals surface area contributed by atoms with Crippen LogP contribution in [0.5, 0.6) is 0 Å². The topological polar surface area (TPSA) is 0 Å². The van der Waals surface area contributed by atoms with Crippen LogP contribution in [0.4, 0.5) is 4.39 Å². The Morgan fingerprint density at radius 3 is 0.800 bits per heavy atom. The molecule has 0 radical (unpaired) electrons. The molecule has 0 atom stereocenters. The van der Waals surface area contributed by atoms with Crippen LogP contribution in [-0.2, 0) is 0 Å². The van der Waals surface area contributed by atoms with Crippen molar-refractivity contribution in [3.63, 3.8) is 0 Å². The zero-order valence-corrected chi connectivity index (χ0v) is 11.9. The molecule has 0 aliphatic heterocycles. The van der Waals surface area contributed by atoms with Crippen molar-refractivity contribution in [3.8, 4) is 0 Å². The van der Waals surface area contributed by atoms with E-state index in [-0.39, 0.29) is 6.33 Å². The molecule has 90 valence electrons. The molecule has 0 amide bonds. The Labute approximate surface area is 119 Å². The van der Waals surface area contributed by atoms with Gasteiger partial charge in [0.2, 0.25) is 0 Å². The van der Waals surface area contributed by atoms with Crippen molar-refractivity contribution < 1.29 is 4.39 Å². The van der Waals surface area contributed by atoms with Gasteiger partial charge in [-0.05, 0) is 0 Å². The lowest BCUT2D eigenvalue weighted by Gasteiger charge is -2.37. The van der Waals surface area contributed by atoms with Gasteiger partial charge in [-0.25, -0.2) is 4.39 Å². The Balaban J connectivity index is 0.000000583. The van der Waals surface area contributed by atoms with Gasteiger partial charge in [-0.15, -0.1) is 69.6 Å². The van der Waals surface area contributed by atoms with Gasteiger partial charge >= 0.3 is 0 Å². The largest absolute Gasteiger partial charge is 0.216 e. The quantitative estimate of drug-likeness (QED) is 0.560. The fraction of sp³-hybridized carbons (Fsp3) is 0.750. The van der Waals surface area contributed by atoms with Crippen LogP contribution in [0.3, 0.4) is 0 Å². The molecule has 0 aromatic rings. The second kappa shape index (κ2) is 7.68. The molecule has 0 nitrogen and oxygen atoms in total. The summed E-state index contributed by atoms with van der Waals surface area (Å²) < 4.78 is 10.1. The molecule has 1 aliphatic rings. The van der Waals surface area contributed by atoms with Crippen LogP contribution in [0, 0.1) is 0 Å². The predicted octanol–water partition coefficient (Wildman–Crippen LogP) is 4.74. The molecule has 0 heterocycles. The van der Waals surface area contributed by atoms with Crippen molar-refractivity contribution in [2.45, 2.75) is 32.3 Å². The first-order valence-electron chi connectivity index (χ1n) is 3.94. The second-order valence-corrected chi connectivity index (χ2v) is 5.84. The Kier molecular flexibility index (Phi) is 8.40. The van der Waals surface area contributed by atoms with Gasteiger partial charge in [-0.2, -0.15) is 0 Å². The molecule has 1 fully saturated rings. The summed E-state index contributed by atoms with van der Waals surface area (Å²) in [6, 6.07) is 0. The smallest absolute Gasteiger partial charge is 0.0795 e. The SMILES string of the molecule is C=CF.ClC1C(Cl)C(Cl)C(Cl)C(Cl)C1Cl. The normalized spacial score (nSPS) is 45.3. The van der Waals surface area contributed by atoms with Crippen LogP contribution in [0.25, 0.3) is 0 Å². The lowest BCUT2D eigenvalue weighted by molar-refractivity contribution is 0.544. The predicted molar refractivity (Wildman–Crippen MR) is 69.2 cm³/mol. The molecule has 1 rings (SSSR count). The van der Waals surface area contributed by atoms with Crippen molar-refractivity contribution in [3.05, 3.63) is 12.9 Å². The van der Waals surface area contributed by atoms with E-state index in [0.717, 1.165) is 0 Å². The molecule has 0 aromatic carbocycles. The van der Waals surface area contributed by atoms with Gasteiger partial charge < -0.3 is 0 Å². The van der Waals surface area contributed by atoms with Gasteiger partial charge in [0.05, 0.1) is 38.6 Å². The number of hydrogen-bond acceptors (Lipinski definition) is 0. The minimum Gasteiger partial charge on any atom is -0.216 e. The highest BCUT2D eigenvalue weighted by atomic mass is 35.5. The molecule has 0 bridgehead atoms. The number of hydrogen-bond donors (Lipinski definition) is 0. The third-order valence-corrected chi connectivity index (χ3v) is 5.86. The van der Waals surface area contributed by atoms with E-state index in [1.165, 1.54) is 0 Å². The van der Waals surface area contributed by atoms with E-state index in [0.29, 0.717) is 0 Å². The molecule has 0 spiro atoms. The Morgan fingerprint density at radius 2 is 0.733 bits per heavy atom. The molecule has 1 saturated carbocycles. The van der Waals surface area contributed by atoms with Crippen LogP contribution in [0.2, 0.25) is 0 Å². The molecule has 1 aliphatic carbocycles. The van der Waals surface area contributed by atoms with Crippen molar-refractivity contribution in [1.29, 1.82) is 0 Å². The van der Waals surface area contributed by atoms with Crippen molar-refractivity contribution in [2.24, 2.45) is 0 Å². The van der Waals surface area contributed by atoms with Gasteiger partial charge in [0.1, 0.15) is 0 Å². The minimum atomic E-state index is -0.437. The number of rotatable bonds is 0. The summed E-state index contributed by atoms with van der Waals surface area (Å²) in [6.45, 7) is 2.69. The highest BCUT2D eigenvalue weighted by molar-refractivity contribution is 6.45. The first-order chi connectivity index (χ1) is 6.88. The maximum absolute atomic E-state index is 10.1. The molecular weight excluding hydrogens is 328 g/mol. The fourth-order valence-corrected chi connectivity index (χ4v) is 3.38. The van der Waals surface area contributed by atoms with E-state index >= 15 is 0 Å². The Hall–Kier alpha value is 1.41. The summed E-state index contributed by atoms with van der Waals surface area (Å²) in [5, 5.41) is -2.62.